The van der Waals surface area contributed by atoms with Gasteiger partial charge in [-0.3, -0.25) is 4.79 Å². The first-order valence-corrected chi connectivity index (χ1v) is 7.00. The zero-order valence-electron chi connectivity index (χ0n) is 11.0. The maximum Gasteiger partial charge on any atom is 0.263 e. The van der Waals surface area contributed by atoms with Crippen LogP contribution >= 0.6 is 11.3 Å². The maximum absolute atomic E-state index is 12.0. The molecule has 19 heavy (non-hydrogen) atoms. The van der Waals surface area contributed by atoms with Gasteiger partial charge < -0.3 is 15.6 Å². The van der Waals surface area contributed by atoms with E-state index >= 15 is 0 Å². The van der Waals surface area contributed by atoms with Gasteiger partial charge in [-0.2, -0.15) is 0 Å². The lowest BCUT2D eigenvalue weighted by Gasteiger charge is -2.02. The molecule has 6 nitrogen and oxygen atoms in total. The number of nitrogens with zero attached hydrogens (tertiary/aromatic N) is 2. The second-order valence-corrected chi connectivity index (χ2v) is 5.00. The number of amides is 1. The molecule has 0 aliphatic rings. The summed E-state index contributed by atoms with van der Waals surface area (Å²) in [4.78, 5) is 24.1. The molecule has 0 saturated heterocycles. The Balaban J connectivity index is 1.88. The number of anilines is 1. The number of carbonyl (C=O) groups is 1. The lowest BCUT2D eigenvalue weighted by molar-refractivity contribution is 0.0957. The van der Waals surface area contributed by atoms with Crippen molar-refractivity contribution in [3.8, 4) is 0 Å². The van der Waals surface area contributed by atoms with Crippen LogP contribution in [0.25, 0.3) is 0 Å². The number of hydrogen-bond acceptors (Lipinski definition) is 5. The fourth-order valence-electron chi connectivity index (χ4n) is 1.64. The number of aromatic amines is 1. The Morgan fingerprint density at radius 3 is 3.05 bits per heavy atom. The van der Waals surface area contributed by atoms with Crippen LogP contribution in [0.4, 0.5) is 5.13 Å². The molecule has 0 spiro atoms. The highest BCUT2D eigenvalue weighted by atomic mass is 32.1. The van der Waals surface area contributed by atoms with Crippen LogP contribution in [0.5, 0.6) is 0 Å². The summed E-state index contributed by atoms with van der Waals surface area (Å²) in [7, 11) is 0. The highest BCUT2D eigenvalue weighted by molar-refractivity contribution is 7.17. The van der Waals surface area contributed by atoms with Crippen LogP contribution in [-0.4, -0.2) is 33.9 Å². The summed E-state index contributed by atoms with van der Waals surface area (Å²) in [6.07, 6.45) is 4.16. The zero-order chi connectivity index (χ0) is 13.7. The smallest absolute Gasteiger partial charge is 0.263 e. The average Bonchev–Trinajstić information content (AvgIpc) is 2.99. The predicted octanol–water partition coefficient (Wildman–Crippen LogP) is 1.58. The van der Waals surface area contributed by atoms with Gasteiger partial charge in [0.15, 0.2) is 5.13 Å². The largest absolute Gasteiger partial charge is 0.362 e. The molecule has 0 radical (unpaired) electrons. The molecule has 7 heteroatoms. The minimum atomic E-state index is -0.0780. The summed E-state index contributed by atoms with van der Waals surface area (Å²) in [6.45, 7) is 5.20. The monoisotopic (exact) mass is 279 g/mol. The highest BCUT2D eigenvalue weighted by Crippen LogP contribution is 2.22. The molecule has 2 aromatic rings. The summed E-state index contributed by atoms with van der Waals surface area (Å²) in [5, 5.41) is 6.78. The van der Waals surface area contributed by atoms with Gasteiger partial charge in [0.05, 0.1) is 5.69 Å². The van der Waals surface area contributed by atoms with E-state index in [1.54, 1.807) is 12.4 Å². The van der Waals surface area contributed by atoms with Crippen LogP contribution in [0, 0.1) is 6.92 Å². The summed E-state index contributed by atoms with van der Waals surface area (Å²) in [5.74, 6) is 0.792. The number of aryl methyl sites for hydroxylation is 1. The Hall–Kier alpha value is -1.89. The van der Waals surface area contributed by atoms with Crippen LogP contribution < -0.4 is 10.6 Å². The fourth-order valence-corrected chi connectivity index (χ4v) is 2.59. The second-order valence-electron chi connectivity index (χ2n) is 4.01. The molecule has 1 amide bonds. The Kier molecular flexibility index (Phi) is 4.51. The molecule has 0 aromatic carbocycles. The van der Waals surface area contributed by atoms with Crippen molar-refractivity contribution in [3.63, 3.8) is 0 Å². The minimum Gasteiger partial charge on any atom is -0.362 e. The molecule has 2 heterocycles. The van der Waals surface area contributed by atoms with Crippen molar-refractivity contribution in [2.75, 3.05) is 18.4 Å². The third-order valence-corrected chi connectivity index (χ3v) is 3.65. The lowest BCUT2D eigenvalue weighted by Crippen LogP contribution is -2.25. The van der Waals surface area contributed by atoms with Crippen LogP contribution in [0.15, 0.2) is 12.4 Å². The molecule has 102 valence electrons. The number of aromatic nitrogens is 3. The van der Waals surface area contributed by atoms with Crippen molar-refractivity contribution >= 4 is 22.4 Å². The van der Waals surface area contributed by atoms with E-state index in [4.69, 9.17) is 0 Å². The summed E-state index contributed by atoms with van der Waals surface area (Å²) in [6, 6.07) is 0. The predicted molar refractivity (Wildman–Crippen MR) is 75.6 cm³/mol. The number of carbonyl (C=O) groups excluding carboxylic acids is 1. The van der Waals surface area contributed by atoms with E-state index in [0.29, 0.717) is 17.8 Å². The number of thiazole rings is 1. The molecular formula is C12H17N5OS. The van der Waals surface area contributed by atoms with Gasteiger partial charge in [0.1, 0.15) is 10.7 Å². The Morgan fingerprint density at radius 1 is 1.53 bits per heavy atom. The molecule has 2 aromatic heterocycles. The van der Waals surface area contributed by atoms with Gasteiger partial charge in [0.2, 0.25) is 0 Å². The Bertz CT molecular complexity index is 534. The Morgan fingerprint density at radius 2 is 2.37 bits per heavy atom. The first kappa shape index (κ1) is 13.5. The third-order valence-electron chi connectivity index (χ3n) is 2.53. The standard InChI is InChI=1S/C12H17N5OS/c1-3-13-12-17-8(2)10(19-12)11(18)16-5-4-9-14-6-7-15-9/h6-7H,3-5H2,1-2H3,(H,13,17)(H,14,15)(H,16,18). The van der Waals surface area contributed by atoms with Gasteiger partial charge in [-0.1, -0.05) is 11.3 Å². The number of nitrogens with one attached hydrogen (secondary N) is 3. The van der Waals surface area contributed by atoms with E-state index < -0.39 is 0 Å². The Labute approximate surface area is 115 Å². The molecule has 0 aliphatic heterocycles. The number of rotatable bonds is 6. The van der Waals surface area contributed by atoms with Crippen molar-refractivity contribution in [2.45, 2.75) is 20.3 Å². The van der Waals surface area contributed by atoms with E-state index in [-0.39, 0.29) is 5.91 Å². The third kappa shape index (κ3) is 3.54. The topological polar surface area (TPSA) is 82.7 Å². The molecule has 3 N–H and O–H groups in total. The normalized spacial score (nSPS) is 10.4. The van der Waals surface area contributed by atoms with Crippen molar-refractivity contribution in [1.82, 2.24) is 20.3 Å². The fraction of sp³-hybridized carbons (Fsp3) is 0.417. The van der Waals surface area contributed by atoms with Gasteiger partial charge in [-0.15, -0.1) is 0 Å². The molecule has 0 atom stereocenters. The summed E-state index contributed by atoms with van der Waals surface area (Å²) in [5.41, 5.74) is 0.761. The van der Waals surface area contributed by atoms with Crippen LogP contribution in [0.2, 0.25) is 0 Å². The van der Waals surface area contributed by atoms with Crippen LogP contribution in [0.3, 0.4) is 0 Å². The molecule has 0 fully saturated rings. The maximum atomic E-state index is 12.0. The van der Waals surface area contributed by atoms with Gasteiger partial charge in [0, 0.05) is 31.9 Å². The zero-order valence-corrected chi connectivity index (χ0v) is 11.8. The summed E-state index contributed by atoms with van der Waals surface area (Å²) >= 11 is 1.38. The van der Waals surface area contributed by atoms with Crippen LogP contribution in [-0.2, 0) is 6.42 Å². The molecule has 0 saturated carbocycles. The SMILES string of the molecule is CCNc1nc(C)c(C(=O)NCCc2ncc[nH]2)s1. The molecule has 0 aliphatic carbocycles. The van der Waals surface area contributed by atoms with E-state index in [1.807, 2.05) is 13.8 Å². The van der Waals surface area contributed by atoms with Crippen molar-refractivity contribution in [2.24, 2.45) is 0 Å². The average molecular weight is 279 g/mol. The molecule has 0 bridgehead atoms. The van der Waals surface area contributed by atoms with E-state index in [2.05, 4.69) is 25.6 Å². The second kappa shape index (κ2) is 6.33. The minimum absolute atomic E-state index is 0.0780. The van der Waals surface area contributed by atoms with Gasteiger partial charge >= 0.3 is 0 Å². The summed E-state index contributed by atoms with van der Waals surface area (Å²) < 4.78 is 0. The highest BCUT2D eigenvalue weighted by Gasteiger charge is 2.14. The van der Waals surface area contributed by atoms with E-state index in [9.17, 15) is 4.79 Å². The van der Waals surface area contributed by atoms with Gasteiger partial charge in [-0.25, -0.2) is 9.97 Å². The van der Waals surface area contributed by atoms with Crippen molar-refractivity contribution in [1.29, 1.82) is 0 Å². The number of H-pyrrole nitrogens is 1. The number of hydrogen-bond donors (Lipinski definition) is 3. The van der Waals surface area contributed by atoms with Gasteiger partial charge in [0.25, 0.3) is 5.91 Å². The number of imidazole rings is 1. The first-order valence-electron chi connectivity index (χ1n) is 6.18. The molecular weight excluding hydrogens is 262 g/mol. The van der Waals surface area contributed by atoms with Crippen molar-refractivity contribution < 1.29 is 4.79 Å². The first-order chi connectivity index (χ1) is 9.20. The molecule has 0 unspecified atom stereocenters. The molecule has 2 rings (SSSR count). The van der Waals surface area contributed by atoms with E-state index in [1.165, 1.54) is 11.3 Å². The van der Waals surface area contributed by atoms with Gasteiger partial charge in [-0.05, 0) is 13.8 Å². The van der Waals surface area contributed by atoms with E-state index in [0.717, 1.165) is 23.2 Å². The van der Waals surface area contributed by atoms with Crippen LogP contribution in [0.1, 0.15) is 28.1 Å². The lowest BCUT2D eigenvalue weighted by atomic mass is 10.3. The quantitative estimate of drug-likeness (QED) is 0.749. The van der Waals surface area contributed by atoms with Crippen molar-refractivity contribution in [3.05, 3.63) is 28.8 Å².